The van der Waals surface area contributed by atoms with Crippen molar-refractivity contribution in [1.82, 2.24) is 14.7 Å². The molecule has 3 aliphatic rings. The molecule has 3 aliphatic heterocycles. The van der Waals surface area contributed by atoms with E-state index < -0.39 is 35.6 Å². The van der Waals surface area contributed by atoms with E-state index in [1.54, 1.807) is 6.07 Å². The van der Waals surface area contributed by atoms with Crippen molar-refractivity contribution >= 4 is 35.3 Å². The zero-order valence-corrected chi connectivity index (χ0v) is 20.0. The number of aliphatic carboxylic acids is 1. The third-order valence-corrected chi connectivity index (χ3v) is 6.52. The molecule has 0 aromatic heterocycles. The number of aliphatic hydroxyl groups excluding tert-OH is 1. The summed E-state index contributed by atoms with van der Waals surface area (Å²) in [5.41, 5.74) is 6.20. The first-order valence-electron chi connectivity index (χ1n) is 11.8. The number of carboxylic acids is 1. The number of carboxylic acid groups (broad SMARTS) is 1. The fourth-order valence-electron chi connectivity index (χ4n) is 4.89. The molecule has 1 aromatic rings. The van der Waals surface area contributed by atoms with Crippen LogP contribution >= 0.6 is 0 Å². The third kappa shape index (κ3) is 5.20. The summed E-state index contributed by atoms with van der Waals surface area (Å²) in [6.07, 6.45) is 2.40. The van der Waals surface area contributed by atoms with Crippen LogP contribution in [0.3, 0.4) is 0 Å². The van der Waals surface area contributed by atoms with Crippen molar-refractivity contribution < 1.29 is 34.2 Å². The van der Waals surface area contributed by atoms with Crippen molar-refractivity contribution in [3.63, 3.8) is 0 Å². The van der Waals surface area contributed by atoms with Crippen LogP contribution in [0.1, 0.15) is 60.2 Å². The minimum atomic E-state index is -1.05. The zero-order chi connectivity index (χ0) is 25.9. The standard InChI is InChI=1S/C15H15N3O5.C9H17NO2/c16-9-3-1-2-8-12(9)15(23)18(13(8)21)10-4-5-11(20)17(6-7-19)14(10)22;1-7(2)8(9(11)12)10-5-3-4-6-10/h1-3,10,19H,4-7,16H2;7-8H,3-6H2,1-2H3,(H,11,12)/t;8-/m.0/s1. The Labute approximate surface area is 203 Å². The second-order valence-corrected chi connectivity index (χ2v) is 9.18. The van der Waals surface area contributed by atoms with Crippen molar-refractivity contribution in [2.24, 2.45) is 5.92 Å². The molecule has 4 rings (SSSR count). The minimum Gasteiger partial charge on any atom is -0.480 e. The van der Waals surface area contributed by atoms with Crippen LogP contribution in [0.15, 0.2) is 18.2 Å². The number of nitrogens with zero attached hydrogens (tertiary/aromatic N) is 3. The van der Waals surface area contributed by atoms with E-state index in [0.717, 1.165) is 35.7 Å². The maximum Gasteiger partial charge on any atom is 0.321 e. The van der Waals surface area contributed by atoms with E-state index in [2.05, 4.69) is 4.90 Å². The van der Waals surface area contributed by atoms with Crippen LogP contribution in [0.5, 0.6) is 0 Å². The van der Waals surface area contributed by atoms with Crippen molar-refractivity contribution in [2.45, 2.75) is 51.6 Å². The Balaban J connectivity index is 0.000000241. The van der Waals surface area contributed by atoms with Gasteiger partial charge < -0.3 is 15.9 Å². The van der Waals surface area contributed by atoms with Gasteiger partial charge in [0.05, 0.1) is 24.3 Å². The largest absolute Gasteiger partial charge is 0.480 e. The lowest BCUT2D eigenvalue weighted by molar-refractivity contribution is -0.152. The Morgan fingerprint density at radius 3 is 2.31 bits per heavy atom. The number of nitrogen functional groups attached to an aromatic ring is 1. The number of aliphatic hydroxyl groups is 1. The normalized spacial score (nSPS) is 21.3. The average molecular weight is 489 g/mol. The van der Waals surface area contributed by atoms with Gasteiger partial charge in [-0.15, -0.1) is 0 Å². The number of benzene rings is 1. The second kappa shape index (κ2) is 11.0. The molecule has 2 atom stereocenters. The van der Waals surface area contributed by atoms with Gasteiger partial charge in [0.1, 0.15) is 12.1 Å². The van der Waals surface area contributed by atoms with Crippen molar-refractivity contribution in [3.8, 4) is 0 Å². The molecule has 0 spiro atoms. The number of likely N-dealkylation sites (tertiary alicyclic amines) is 2. The van der Waals surface area contributed by atoms with Gasteiger partial charge in [-0.25, -0.2) is 0 Å². The van der Waals surface area contributed by atoms with Crippen LogP contribution in [-0.4, -0.2) is 92.8 Å². The lowest BCUT2D eigenvalue weighted by Crippen LogP contribution is -2.56. The van der Waals surface area contributed by atoms with Gasteiger partial charge in [-0.2, -0.15) is 0 Å². The second-order valence-electron chi connectivity index (χ2n) is 9.18. The van der Waals surface area contributed by atoms with Crippen molar-refractivity contribution in [1.29, 1.82) is 0 Å². The summed E-state index contributed by atoms with van der Waals surface area (Å²) in [7, 11) is 0. The summed E-state index contributed by atoms with van der Waals surface area (Å²) < 4.78 is 0. The first-order valence-corrected chi connectivity index (χ1v) is 11.8. The van der Waals surface area contributed by atoms with E-state index in [9.17, 15) is 24.0 Å². The van der Waals surface area contributed by atoms with Crippen LogP contribution in [0.4, 0.5) is 5.69 Å². The van der Waals surface area contributed by atoms with E-state index in [1.165, 1.54) is 12.1 Å². The van der Waals surface area contributed by atoms with E-state index in [4.69, 9.17) is 15.9 Å². The molecule has 2 fully saturated rings. The van der Waals surface area contributed by atoms with Crippen LogP contribution in [0.2, 0.25) is 0 Å². The van der Waals surface area contributed by atoms with Gasteiger partial charge in [-0.05, 0) is 50.4 Å². The Kier molecular flexibility index (Phi) is 8.23. The predicted molar refractivity (Wildman–Crippen MR) is 125 cm³/mol. The summed E-state index contributed by atoms with van der Waals surface area (Å²) in [6.45, 7) is 5.32. The molecule has 0 aliphatic carbocycles. The fraction of sp³-hybridized carbons (Fsp3) is 0.542. The summed E-state index contributed by atoms with van der Waals surface area (Å²) in [4.78, 5) is 64.0. The predicted octanol–water partition coefficient (Wildman–Crippen LogP) is 0.566. The van der Waals surface area contributed by atoms with Gasteiger partial charge >= 0.3 is 5.97 Å². The van der Waals surface area contributed by atoms with Gasteiger partial charge in [0, 0.05) is 12.1 Å². The molecule has 4 amide bonds. The highest BCUT2D eigenvalue weighted by atomic mass is 16.4. The zero-order valence-electron chi connectivity index (χ0n) is 20.0. The first kappa shape index (κ1) is 26.3. The molecule has 3 heterocycles. The molecule has 11 nitrogen and oxygen atoms in total. The number of fused-ring (bicyclic) bond motifs is 1. The van der Waals surface area contributed by atoms with E-state index in [1.807, 2.05) is 13.8 Å². The number of amides is 4. The van der Waals surface area contributed by atoms with Gasteiger partial charge in [-0.3, -0.25) is 38.7 Å². The lowest BCUT2D eigenvalue weighted by Gasteiger charge is -2.34. The van der Waals surface area contributed by atoms with Crippen molar-refractivity contribution in [2.75, 3.05) is 32.0 Å². The molecular formula is C24H32N4O7. The lowest BCUT2D eigenvalue weighted by atomic mass is 10.0. The van der Waals surface area contributed by atoms with Gasteiger partial charge in [0.15, 0.2) is 0 Å². The maximum absolute atomic E-state index is 12.5. The van der Waals surface area contributed by atoms with E-state index in [0.29, 0.717) is 0 Å². The maximum atomic E-state index is 12.5. The molecule has 35 heavy (non-hydrogen) atoms. The number of β-amino-alcohol motifs (C(OH)–C–C–N with tert-alkyl or cyclic N) is 1. The Morgan fingerprint density at radius 2 is 1.77 bits per heavy atom. The molecule has 2 saturated heterocycles. The number of imide groups is 2. The Morgan fingerprint density at radius 1 is 1.11 bits per heavy atom. The highest BCUT2D eigenvalue weighted by Gasteiger charge is 2.47. The highest BCUT2D eigenvalue weighted by molar-refractivity contribution is 6.25. The highest BCUT2D eigenvalue weighted by Crippen LogP contribution is 2.32. The van der Waals surface area contributed by atoms with Gasteiger partial charge in [0.25, 0.3) is 17.7 Å². The third-order valence-electron chi connectivity index (χ3n) is 6.52. The Hall–Kier alpha value is -3.31. The van der Waals surface area contributed by atoms with E-state index >= 15 is 0 Å². The number of carbonyl (C=O) groups is 5. The molecule has 0 radical (unpaired) electrons. The van der Waals surface area contributed by atoms with Crippen LogP contribution in [0.25, 0.3) is 0 Å². The quantitative estimate of drug-likeness (QED) is 0.384. The summed E-state index contributed by atoms with van der Waals surface area (Å²) in [5.74, 6) is -2.75. The summed E-state index contributed by atoms with van der Waals surface area (Å²) in [6, 6.07) is 3.24. The number of anilines is 1. The smallest absolute Gasteiger partial charge is 0.321 e. The fourth-order valence-corrected chi connectivity index (χ4v) is 4.89. The minimum absolute atomic E-state index is 0.0271. The summed E-state index contributed by atoms with van der Waals surface area (Å²) in [5, 5.41) is 17.9. The number of carbonyl (C=O) groups excluding carboxylic acids is 4. The number of piperidine rings is 1. The van der Waals surface area contributed by atoms with E-state index in [-0.39, 0.29) is 54.8 Å². The van der Waals surface area contributed by atoms with Crippen LogP contribution in [0, 0.1) is 5.92 Å². The van der Waals surface area contributed by atoms with Gasteiger partial charge in [0.2, 0.25) is 5.91 Å². The molecule has 4 N–H and O–H groups in total. The number of nitrogens with two attached hydrogens (primary N) is 1. The average Bonchev–Trinajstić information content (AvgIpc) is 3.39. The van der Waals surface area contributed by atoms with Crippen LogP contribution in [-0.2, 0) is 14.4 Å². The molecule has 190 valence electrons. The number of hydrogen-bond acceptors (Lipinski definition) is 8. The monoisotopic (exact) mass is 488 g/mol. The molecule has 1 aromatic carbocycles. The Bertz CT molecular complexity index is 1020. The molecule has 0 saturated carbocycles. The number of rotatable bonds is 6. The topological polar surface area (TPSA) is 162 Å². The van der Waals surface area contributed by atoms with Crippen LogP contribution < -0.4 is 5.73 Å². The first-order chi connectivity index (χ1) is 16.6. The molecular weight excluding hydrogens is 456 g/mol. The van der Waals surface area contributed by atoms with Gasteiger partial charge in [-0.1, -0.05) is 19.9 Å². The molecule has 11 heteroatoms. The molecule has 0 bridgehead atoms. The van der Waals surface area contributed by atoms with Crippen molar-refractivity contribution in [3.05, 3.63) is 29.3 Å². The summed E-state index contributed by atoms with van der Waals surface area (Å²) >= 11 is 0. The number of hydrogen-bond donors (Lipinski definition) is 3. The molecule has 1 unspecified atom stereocenters. The SMILES string of the molecule is CC(C)[C@@H](C(=O)O)N1CCCC1.Nc1cccc2c1C(=O)N(C1CCC(=O)N(CCO)C1=O)C2=O.